The molecular weight excluding hydrogens is 362 g/mol. The van der Waals surface area contributed by atoms with E-state index in [-0.39, 0.29) is 17.9 Å². The van der Waals surface area contributed by atoms with E-state index in [0.29, 0.717) is 32.7 Å². The lowest BCUT2D eigenvalue weighted by Gasteiger charge is -2.35. The fraction of sp³-hybridized carbons (Fsp3) is 0.421. The minimum atomic E-state index is -4.45. The van der Waals surface area contributed by atoms with Crippen LogP contribution in [-0.2, 0) is 19.3 Å². The number of rotatable bonds is 5. The molecule has 0 saturated carbocycles. The van der Waals surface area contributed by atoms with Gasteiger partial charge in [0.25, 0.3) is 0 Å². The number of alkyl halides is 3. The summed E-state index contributed by atoms with van der Waals surface area (Å²) in [4.78, 5) is 7.64. The molecule has 0 bridgehead atoms. The number of aromatic nitrogens is 1. The maximum absolute atomic E-state index is 13.8. The first kappa shape index (κ1) is 19.6. The number of piperazine rings is 1. The molecule has 0 amide bonds. The molecule has 0 atom stereocenters. The highest BCUT2D eigenvalue weighted by atomic mass is 19.4. The molecule has 1 aromatic carbocycles. The van der Waals surface area contributed by atoms with E-state index < -0.39 is 17.7 Å². The van der Waals surface area contributed by atoms with Crippen LogP contribution >= 0.6 is 0 Å². The molecule has 1 aromatic heterocycles. The molecule has 4 nitrogen and oxygen atoms in total. The predicted molar refractivity (Wildman–Crippen MR) is 92.7 cm³/mol. The SMILES string of the molecule is COc1ccc(CN2CCN(Cc3cccnc3C(F)(F)F)CC2)cc1F. The van der Waals surface area contributed by atoms with Crippen LogP contribution in [0.15, 0.2) is 36.5 Å². The van der Waals surface area contributed by atoms with Crippen LogP contribution in [0, 0.1) is 5.82 Å². The van der Waals surface area contributed by atoms with Gasteiger partial charge in [-0.15, -0.1) is 0 Å². The van der Waals surface area contributed by atoms with E-state index >= 15 is 0 Å². The van der Waals surface area contributed by atoms with Crippen molar-refractivity contribution in [1.29, 1.82) is 0 Å². The summed E-state index contributed by atoms with van der Waals surface area (Å²) in [7, 11) is 1.42. The molecule has 1 aliphatic heterocycles. The van der Waals surface area contributed by atoms with Gasteiger partial charge in [0.2, 0.25) is 0 Å². The van der Waals surface area contributed by atoms with Crippen LogP contribution < -0.4 is 4.74 Å². The topological polar surface area (TPSA) is 28.6 Å². The van der Waals surface area contributed by atoms with Gasteiger partial charge in [-0.25, -0.2) is 4.39 Å². The number of methoxy groups -OCH3 is 1. The number of pyridine rings is 1. The fourth-order valence-electron chi connectivity index (χ4n) is 3.23. The smallest absolute Gasteiger partial charge is 0.433 e. The van der Waals surface area contributed by atoms with Gasteiger partial charge < -0.3 is 4.74 Å². The maximum atomic E-state index is 13.8. The highest BCUT2D eigenvalue weighted by Gasteiger charge is 2.35. The summed E-state index contributed by atoms with van der Waals surface area (Å²) in [6.07, 6.45) is -3.28. The van der Waals surface area contributed by atoms with E-state index in [9.17, 15) is 17.6 Å². The maximum Gasteiger partial charge on any atom is 0.433 e. The number of hydrogen-bond acceptors (Lipinski definition) is 4. The first-order valence-electron chi connectivity index (χ1n) is 8.65. The van der Waals surface area contributed by atoms with Gasteiger partial charge in [0.05, 0.1) is 7.11 Å². The van der Waals surface area contributed by atoms with Crippen molar-refractivity contribution in [3.63, 3.8) is 0 Å². The standard InChI is InChI=1S/C19H21F4N3O/c1-27-17-5-4-14(11-16(17)20)12-25-7-9-26(10-8-25)13-15-3-2-6-24-18(15)19(21,22)23/h2-6,11H,7-10,12-13H2,1H3. The lowest BCUT2D eigenvalue weighted by atomic mass is 10.1. The van der Waals surface area contributed by atoms with E-state index in [1.807, 2.05) is 11.0 Å². The highest BCUT2D eigenvalue weighted by Crippen LogP contribution is 2.30. The van der Waals surface area contributed by atoms with Crippen molar-refractivity contribution in [3.8, 4) is 5.75 Å². The second-order valence-electron chi connectivity index (χ2n) is 6.53. The minimum Gasteiger partial charge on any atom is -0.494 e. The zero-order chi connectivity index (χ0) is 19.4. The number of hydrogen-bond donors (Lipinski definition) is 0. The Morgan fingerprint density at radius 3 is 2.30 bits per heavy atom. The minimum absolute atomic E-state index is 0.190. The summed E-state index contributed by atoms with van der Waals surface area (Å²) >= 11 is 0. The summed E-state index contributed by atoms with van der Waals surface area (Å²) in [5.74, 6) is -0.189. The van der Waals surface area contributed by atoms with E-state index in [4.69, 9.17) is 4.74 Å². The molecule has 2 heterocycles. The van der Waals surface area contributed by atoms with Crippen molar-refractivity contribution in [2.24, 2.45) is 0 Å². The van der Waals surface area contributed by atoms with Gasteiger partial charge in [-0.3, -0.25) is 14.8 Å². The molecule has 0 aliphatic carbocycles. The third kappa shape index (κ3) is 4.95. The Kier molecular flexibility index (Phi) is 5.96. The Labute approximate surface area is 155 Å². The third-order valence-corrected chi connectivity index (χ3v) is 4.64. The largest absolute Gasteiger partial charge is 0.494 e. The van der Waals surface area contributed by atoms with Crippen molar-refractivity contribution >= 4 is 0 Å². The van der Waals surface area contributed by atoms with Crippen molar-refractivity contribution in [3.05, 3.63) is 59.2 Å². The normalized spacial score (nSPS) is 16.5. The Hall–Kier alpha value is -2.19. The third-order valence-electron chi connectivity index (χ3n) is 4.64. The van der Waals surface area contributed by atoms with Crippen LogP contribution in [0.5, 0.6) is 5.75 Å². The molecule has 1 aliphatic rings. The van der Waals surface area contributed by atoms with E-state index in [1.165, 1.54) is 25.3 Å². The molecule has 1 saturated heterocycles. The van der Waals surface area contributed by atoms with Crippen LogP contribution in [0.2, 0.25) is 0 Å². The highest BCUT2D eigenvalue weighted by molar-refractivity contribution is 5.29. The second-order valence-corrected chi connectivity index (χ2v) is 6.53. The van der Waals surface area contributed by atoms with Crippen LogP contribution in [-0.4, -0.2) is 48.1 Å². The van der Waals surface area contributed by atoms with Crippen molar-refractivity contribution in [1.82, 2.24) is 14.8 Å². The van der Waals surface area contributed by atoms with Crippen LogP contribution in [0.25, 0.3) is 0 Å². The quantitative estimate of drug-likeness (QED) is 0.739. The van der Waals surface area contributed by atoms with Crippen molar-refractivity contribution in [2.45, 2.75) is 19.3 Å². The van der Waals surface area contributed by atoms with Gasteiger partial charge in [-0.05, 0) is 29.3 Å². The first-order chi connectivity index (χ1) is 12.9. The van der Waals surface area contributed by atoms with Crippen LogP contribution in [0.1, 0.15) is 16.8 Å². The van der Waals surface area contributed by atoms with Gasteiger partial charge in [-0.2, -0.15) is 13.2 Å². The summed E-state index contributed by atoms with van der Waals surface area (Å²) in [6, 6.07) is 7.87. The second kappa shape index (κ2) is 8.22. The lowest BCUT2D eigenvalue weighted by molar-refractivity contribution is -0.142. The van der Waals surface area contributed by atoms with Gasteiger partial charge in [0, 0.05) is 45.5 Å². The molecule has 0 unspecified atom stereocenters. The summed E-state index contributed by atoms with van der Waals surface area (Å²) < 4.78 is 57.9. The Morgan fingerprint density at radius 1 is 1.04 bits per heavy atom. The van der Waals surface area contributed by atoms with Crippen LogP contribution in [0.4, 0.5) is 17.6 Å². The predicted octanol–water partition coefficient (Wildman–Crippen LogP) is 3.57. The van der Waals surface area contributed by atoms with Gasteiger partial charge in [-0.1, -0.05) is 12.1 Å². The zero-order valence-corrected chi connectivity index (χ0v) is 15.0. The number of halogens is 4. The van der Waals surface area contributed by atoms with E-state index in [0.717, 1.165) is 11.8 Å². The molecular formula is C19H21F4N3O. The van der Waals surface area contributed by atoms with E-state index in [1.54, 1.807) is 6.07 Å². The monoisotopic (exact) mass is 383 g/mol. The van der Waals surface area contributed by atoms with E-state index in [2.05, 4.69) is 9.88 Å². The Bertz CT molecular complexity index is 774. The molecule has 2 aromatic rings. The van der Waals surface area contributed by atoms with Crippen molar-refractivity contribution < 1.29 is 22.3 Å². The molecule has 27 heavy (non-hydrogen) atoms. The van der Waals surface area contributed by atoms with Gasteiger partial charge in [0.1, 0.15) is 5.69 Å². The first-order valence-corrected chi connectivity index (χ1v) is 8.65. The molecule has 3 rings (SSSR count). The summed E-state index contributed by atoms with van der Waals surface area (Å²) in [6.45, 7) is 3.50. The Balaban J connectivity index is 1.56. The van der Waals surface area contributed by atoms with Gasteiger partial charge in [0.15, 0.2) is 11.6 Å². The molecule has 8 heteroatoms. The lowest BCUT2D eigenvalue weighted by Crippen LogP contribution is -2.45. The number of ether oxygens (including phenoxy) is 1. The number of benzene rings is 1. The molecule has 146 valence electrons. The zero-order valence-electron chi connectivity index (χ0n) is 15.0. The molecule has 1 fully saturated rings. The average Bonchev–Trinajstić information content (AvgIpc) is 2.63. The molecule has 0 N–H and O–H groups in total. The van der Waals surface area contributed by atoms with Crippen LogP contribution in [0.3, 0.4) is 0 Å². The number of nitrogens with zero attached hydrogens (tertiary/aromatic N) is 3. The van der Waals surface area contributed by atoms with Gasteiger partial charge >= 0.3 is 6.18 Å². The summed E-state index contributed by atoms with van der Waals surface area (Å²) in [5, 5.41) is 0. The Morgan fingerprint density at radius 2 is 1.70 bits per heavy atom. The molecule has 0 radical (unpaired) electrons. The fourth-order valence-corrected chi connectivity index (χ4v) is 3.23. The van der Waals surface area contributed by atoms with Crippen molar-refractivity contribution in [2.75, 3.05) is 33.3 Å². The molecule has 0 spiro atoms. The average molecular weight is 383 g/mol. The summed E-state index contributed by atoms with van der Waals surface area (Å²) in [5.41, 5.74) is 0.213.